The van der Waals surface area contributed by atoms with Crippen molar-refractivity contribution in [1.29, 1.82) is 0 Å². The zero-order valence-electron chi connectivity index (χ0n) is 7.92. The predicted octanol–water partition coefficient (Wildman–Crippen LogP) is 1.68. The van der Waals surface area contributed by atoms with Gasteiger partial charge in [-0.2, -0.15) is 0 Å². The molecule has 0 bridgehead atoms. The van der Waals surface area contributed by atoms with Gasteiger partial charge in [-0.3, -0.25) is 4.79 Å². The van der Waals surface area contributed by atoms with Crippen molar-refractivity contribution in [3.05, 3.63) is 12.7 Å². The molecule has 0 radical (unpaired) electrons. The van der Waals surface area contributed by atoms with Gasteiger partial charge >= 0.3 is 0 Å². The molecule has 1 fully saturated rings. The Balaban J connectivity index is 2.23. The standard InChI is InChI=1S/C10H17NO/c1-4-9-6-11(7-9)10(12)5-8(2)3/h4,8-9H,1,5-7H2,2-3H3. The fourth-order valence-electron chi connectivity index (χ4n) is 1.34. The Morgan fingerprint density at radius 3 is 2.67 bits per heavy atom. The van der Waals surface area contributed by atoms with Gasteiger partial charge in [0.25, 0.3) is 0 Å². The molecule has 1 heterocycles. The predicted molar refractivity (Wildman–Crippen MR) is 49.7 cm³/mol. The maximum absolute atomic E-state index is 11.4. The van der Waals surface area contributed by atoms with Gasteiger partial charge in [0.15, 0.2) is 0 Å². The molecule has 2 nitrogen and oxygen atoms in total. The lowest BCUT2D eigenvalue weighted by atomic mass is 9.99. The first-order valence-corrected chi connectivity index (χ1v) is 4.53. The van der Waals surface area contributed by atoms with Crippen molar-refractivity contribution in [2.75, 3.05) is 13.1 Å². The summed E-state index contributed by atoms with van der Waals surface area (Å²) in [7, 11) is 0. The second-order valence-corrected chi connectivity index (χ2v) is 3.89. The van der Waals surface area contributed by atoms with Crippen LogP contribution in [0.4, 0.5) is 0 Å². The lowest BCUT2D eigenvalue weighted by Crippen LogP contribution is -2.49. The van der Waals surface area contributed by atoms with Gasteiger partial charge in [0.1, 0.15) is 0 Å². The normalized spacial score (nSPS) is 17.8. The Morgan fingerprint density at radius 1 is 1.67 bits per heavy atom. The van der Waals surface area contributed by atoms with Crippen LogP contribution in [-0.2, 0) is 4.79 Å². The zero-order chi connectivity index (χ0) is 9.14. The van der Waals surface area contributed by atoms with Crippen molar-refractivity contribution in [2.24, 2.45) is 11.8 Å². The first kappa shape index (κ1) is 9.30. The molecule has 1 saturated heterocycles. The van der Waals surface area contributed by atoms with Crippen LogP contribution in [0.5, 0.6) is 0 Å². The summed E-state index contributed by atoms with van der Waals surface area (Å²) in [5.41, 5.74) is 0. The highest BCUT2D eigenvalue weighted by molar-refractivity contribution is 5.77. The van der Waals surface area contributed by atoms with E-state index in [-0.39, 0.29) is 0 Å². The Kier molecular flexibility index (Phi) is 2.90. The summed E-state index contributed by atoms with van der Waals surface area (Å²) >= 11 is 0. The van der Waals surface area contributed by atoms with Crippen LogP contribution in [0.2, 0.25) is 0 Å². The molecular formula is C10H17NO. The largest absolute Gasteiger partial charge is 0.341 e. The van der Waals surface area contributed by atoms with Crippen molar-refractivity contribution in [3.8, 4) is 0 Å². The van der Waals surface area contributed by atoms with Crippen LogP contribution in [0.15, 0.2) is 12.7 Å². The van der Waals surface area contributed by atoms with E-state index in [2.05, 4.69) is 20.4 Å². The average Bonchev–Trinajstić information content (AvgIpc) is 1.82. The summed E-state index contributed by atoms with van der Waals surface area (Å²) in [6.07, 6.45) is 2.61. The number of nitrogens with zero attached hydrogens (tertiary/aromatic N) is 1. The Morgan fingerprint density at radius 2 is 2.25 bits per heavy atom. The smallest absolute Gasteiger partial charge is 0.222 e. The monoisotopic (exact) mass is 167 g/mol. The van der Waals surface area contributed by atoms with Crippen LogP contribution in [0.3, 0.4) is 0 Å². The van der Waals surface area contributed by atoms with Gasteiger partial charge in [0.05, 0.1) is 0 Å². The van der Waals surface area contributed by atoms with Crippen molar-refractivity contribution in [2.45, 2.75) is 20.3 Å². The van der Waals surface area contributed by atoms with Crippen LogP contribution in [0.1, 0.15) is 20.3 Å². The van der Waals surface area contributed by atoms with Gasteiger partial charge in [-0.25, -0.2) is 0 Å². The van der Waals surface area contributed by atoms with Crippen molar-refractivity contribution in [1.82, 2.24) is 4.90 Å². The molecule has 68 valence electrons. The second kappa shape index (κ2) is 3.74. The van der Waals surface area contributed by atoms with Crippen LogP contribution >= 0.6 is 0 Å². The molecular weight excluding hydrogens is 150 g/mol. The zero-order valence-corrected chi connectivity index (χ0v) is 7.92. The van der Waals surface area contributed by atoms with Gasteiger partial charge in [0, 0.05) is 25.4 Å². The molecule has 0 aromatic rings. The minimum Gasteiger partial charge on any atom is -0.341 e. The maximum atomic E-state index is 11.4. The molecule has 0 atom stereocenters. The van der Waals surface area contributed by atoms with E-state index >= 15 is 0 Å². The van der Waals surface area contributed by atoms with E-state index in [0.29, 0.717) is 24.2 Å². The van der Waals surface area contributed by atoms with E-state index in [1.807, 2.05) is 11.0 Å². The molecule has 1 aliphatic rings. The molecule has 12 heavy (non-hydrogen) atoms. The topological polar surface area (TPSA) is 20.3 Å². The summed E-state index contributed by atoms with van der Waals surface area (Å²) < 4.78 is 0. The molecule has 0 aromatic heterocycles. The van der Waals surface area contributed by atoms with Crippen molar-refractivity contribution in [3.63, 3.8) is 0 Å². The molecule has 0 saturated carbocycles. The van der Waals surface area contributed by atoms with E-state index in [1.165, 1.54) is 0 Å². The van der Waals surface area contributed by atoms with Gasteiger partial charge < -0.3 is 4.90 Å². The fourth-order valence-corrected chi connectivity index (χ4v) is 1.34. The Labute approximate surface area is 74.2 Å². The van der Waals surface area contributed by atoms with E-state index < -0.39 is 0 Å². The quantitative estimate of drug-likeness (QED) is 0.586. The van der Waals surface area contributed by atoms with Gasteiger partial charge in [-0.1, -0.05) is 19.9 Å². The van der Waals surface area contributed by atoms with Crippen LogP contribution < -0.4 is 0 Å². The molecule has 0 spiro atoms. The molecule has 1 aliphatic heterocycles. The number of carbonyl (C=O) groups is 1. The molecule has 0 aliphatic carbocycles. The third kappa shape index (κ3) is 2.10. The third-order valence-electron chi connectivity index (χ3n) is 2.18. The average molecular weight is 167 g/mol. The lowest BCUT2D eigenvalue weighted by Gasteiger charge is -2.38. The molecule has 0 unspecified atom stereocenters. The summed E-state index contributed by atoms with van der Waals surface area (Å²) in [6.45, 7) is 9.61. The summed E-state index contributed by atoms with van der Waals surface area (Å²) in [4.78, 5) is 13.3. The highest BCUT2D eigenvalue weighted by atomic mass is 16.2. The third-order valence-corrected chi connectivity index (χ3v) is 2.18. The minimum absolute atomic E-state index is 0.295. The van der Waals surface area contributed by atoms with Gasteiger partial charge in [0.2, 0.25) is 5.91 Å². The second-order valence-electron chi connectivity index (χ2n) is 3.89. The first-order valence-electron chi connectivity index (χ1n) is 4.53. The molecule has 0 N–H and O–H groups in total. The lowest BCUT2D eigenvalue weighted by molar-refractivity contribution is -0.137. The highest BCUT2D eigenvalue weighted by Gasteiger charge is 2.27. The molecule has 1 rings (SSSR count). The molecule has 2 heteroatoms. The van der Waals surface area contributed by atoms with Crippen LogP contribution in [0, 0.1) is 11.8 Å². The Bertz CT molecular complexity index is 180. The first-order chi connectivity index (χ1) is 5.63. The fraction of sp³-hybridized carbons (Fsp3) is 0.700. The number of amides is 1. The van der Waals surface area contributed by atoms with E-state index in [0.717, 1.165) is 13.1 Å². The molecule has 0 aromatic carbocycles. The molecule has 1 amide bonds. The summed E-state index contributed by atoms with van der Waals surface area (Å²) in [5, 5.41) is 0. The van der Waals surface area contributed by atoms with Crippen LogP contribution in [0.25, 0.3) is 0 Å². The summed E-state index contributed by atoms with van der Waals surface area (Å²) in [5.74, 6) is 1.31. The van der Waals surface area contributed by atoms with Crippen molar-refractivity contribution >= 4 is 5.91 Å². The number of rotatable bonds is 3. The SMILES string of the molecule is C=CC1CN(C(=O)CC(C)C)C1. The highest BCUT2D eigenvalue weighted by Crippen LogP contribution is 2.18. The van der Waals surface area contributed by atoms with E-state index in [4.69, 9.17) is 0 Å². The van der Waals surface area contributed by atoms with Gasteiger partial charge in [-0.05, 0) is 5.92 Å². The Hall–Kier alpha value is -0.790. The van der Waals surface area contributed by atoms with Crippen LogP contribution in [-0.4, -0.2) is 23.9 Å². The summed E-state index contributed by atoms with van der Waals surface area (Å²) in [6, 6.07) is 0. The van der Waals surface area contributed by atoms with E-state index in [9.17, 15) is 4.79 Å². The maximum Gasteiger partial charge on any atom is 0.222 e. The number of carbonyl (C=O) groups excluding carboxylic acids is 1. The number of hydrogen-bond donors (Lipinski definition) is 0. The van der Waals surface area contributed by atoms with Gasteiger partial charge in [-0.15, -0.1) is 6.58 Å². The number of likely N-dealkylation sites (tertiary alicyclic amines) is 1. The van der Waals surface area contributed by atoms with Crippen molar-refractivity contribution < 1.29 is 4.79 Å². The number of hydrogen-bond acceptors (Lipinski definition) is 1. The van der Waals surface area contributed by atoms with E-state index in [1.54, 1.807) is 0 Å². The minimum atomic E-state index is 0.295.